The molecule has 0 radical (unpaired) electrons. The van der Waals surface area contributed by atoms with Gasteiger partial charge in [0, 0.05) is 25.3 Å². The molecule has 3 fully saturated rings. The van der Waals surface area contributed by atoms with Crippen LogP contribution < -0.4 is 10.5 Å². The molecule has 5 rings (SSSR count). The van der Waals surface area contributed by atoms with Crippen LogP contribution in [0.25, 0.3) is 11.7 Å². The Bertz CT molecular complexity index is 1100. The van der Waals surface area contributed by atoms with Crippen LogP contribution in [0.4, 0.5) is 5.82 Å². The fourth-order valence-corrected chi connectivity index (χ4v) is 5.70. The first-order valence-electron chi connectivity index (χ1n) is 10.2. The SMILES string of the molecule is O=C1/C(=C\c2c(N3CCOCC3)nc3ccccn3c2=O)SC(=S)N1C1CCCC1. The Kier molecular flexibility index (Phi) is 5.34. The van der Waals surface area contributed by atoms with Gasteiger partial charge in [-0.15, -0.1) is 0 Å². The van der Waals surface area contributed by atoms with E-state index in [0.29, 0.717) is 52.6 Å². The molecule has 2 aromatic rings. The molecule has 0 aromatic carbocycles. The lowest BCUT2D eigenvalue weighted by atomic mass is 10.2. The summed E-state index contributed by atoms with van der Waals surface area (Å²) < 4.78 is 7.57. The summed E-state index contributed by atoms with van der Waals surface area (Å²) in [6, 6.07) is 5.65. The summed E-state index contributed by atoms with van der Waals surface area (Å²) in [5, 5.41) is 0. The number of anilines is 1. The number of morpholine rings is 1. The highest BCUT2D eigenvalue weighted by molar-refractivity contribution is 8.26. The van der Waals surface area contributed by atoms with Crippen LogP contribution >= 0.6 is 24.0 Å². The molecule has 2 saturated heterocycles. The monoisotopic (exact) mass is 442 g/mol. The molecule has 2 aromatic heterocycles. The first-order valence-corrected chi connectivity index (χ1v) is 11.5. The van der Waals surface area contributed by atoms with Crippen molar-refractivity contribution in [2.75, 3.05) is 31.2 Å². The van der Waals surface area contributed by atoms with Gasteiger partial charge < -0.3 is 9.64 Å². The smallest absolute Gasteiger partial charge is 0.267 e. The summed E-state index contributed by atoms with van der Waals surface area (Å²) in [5.41, 5.74) is 0.820. The average molecular weight is 443 g/mol. The van der Waals surface area contributed by atoms with Gasteiger partial charge in [-0.25, -0.2) is 4.98 Å². The zero-order valence-electron chi connectivity index (χ0n) is 16.5. The van der Waals surface area contributed by atoms with Crippen molar-refractivity contribution in [2.45, 2.75) is 31.7 Å². The minimum Gasteiger partial charge on any atom is -0.378 e. The van der Waals surface area contributed by atoms with Gasteiger partial charge in [0.05, 0.1) is 23.7 Å². The summed E-state index contributed by atoms with van der Waals surface area (Å²) in [6.07, 6.45) is 7.61. The summed E-state index contributed by atoms with van der Waals surface area (Å²) in [7, 11) is 0. The van der Waals surface area contributed by atoms with E-state index in [2.05, 4.69) is 4.90 Å². The van der Waals surface area contributed by atoms with E-state index in [4.69, 9.17) is 21.9 Å². The van der Waals surface area contributed by atoms with Crippen molar-refractivity contribution in [3.8, 4) is 0 Å². The predicted molar refractivity (Wildman–Crippen MR) is 122 cm³/mol. The molecule has 4 heterocycles. The van der Waals surface area contributed by atoms with Gasteiger partial charge >= 0.3 is 0 Å². The van der Waals surface area contributed by atoms with Crippen LogP contribution in [0.3, 0.4) is 0 Å². The van der Waals surface area contributed by atoms with Crippen molar-refractivity contribution in [2.24, 2.45) is 0 Å². The molecule has 1 amide bonds. The first kappa shape index (κ1) is 19.7. The second-order valence-corrected chi connectivity index (χ2v) is 9.35. The zero-order valence-corrected chi connectivity index (χ0v) is 18.1. The van der Waals surface area contributed by atoms with Crippen LogP contribution in [0, 0.1) is 0 Å². The quantitative estimate of drug-likeness (QED) is 0.535. The number of hydrogen-bond acceptors (Lipinski definition) is 7. The van der Waals surface area contributed by atoms with Crippen molar-refractivity contribution in [1.82, 2.24) is 14.3 Å². The van der Waals surface area contributed by atoms with E-state index in [9.17, 15) is 9.59 Å². The lowest BCUT2D eigenvalue weighted by Crippen LogP contribution is -2.39. The highest BCUT2D eigenvalue weighted by Crippen LogP contribution is 2.38. The van der Waals surface area contributed by atoms with E-state index < -0.39 is 0 Å². The fraction of sp³-hybridized carbons (Fsp3) is 0.429. The highest BCUT2D eigenvalue weighted by Gasteiger charge is 2.38. The molecule has 1 aliphatic carbocycles. The Hall–Kier alpha value is -2.23. The second kappa shape index (κ2) is 8.13. The molecule has 3 aliphatic rings. The summed E-state index contributed by atoms with van der Waals surface area (Å²) >= 11 is 6.80. The highest BCUT2D eigenvalue weighted by atomic mass is 32.2. The van der Waals surface area contributed by atoms with Crippen LogP contribution in [-0.4, -0.2) is 56.9 Å². The van der Waals surface area contributed by atoms with E-state index in [-0.39, 0.29) is 17.5 Å². The summed E-state index contributed by atoms with van der Waals surface area (Å²) in [6.45, 7) is 2.47. The Labute approximate surface area is 183 Å². The van der Waals surface area contributed by atoms with E-state index in [0.717, 1.165) is 25.7 Å². The minimum atomic E-state index is -0.187. The number of pyridine rings is 1. The number of nitrogens with zero attached hydrogens (tertiary/aromatic N) is 4. The zero-order chi connectivity index (χ0) is 20.7. The molecule has 2 aliphatic heterocycles. The van der Waals surface area contributed by atoms with Crippen LogP contribution in [0.5, 0.6) is 0 Å². The van der Waals surface area contributed by atoms with Crippen molar-refractivity contribution in [3.05, 3.63) is 45.2 Å². The van der Waals surface area contributed by atoms with Gasteiger partial charge in [0.1, 0.15) is 15.8 Å². The molecule has 0 bridgehead atoms. The molecule has 0 spiro atoms. The number of thiocarbonyl (C=S) groups is 1. The second-order valence-electron chi connectivity index (χ2n) is 7.67. The number of aromatic nitrogens is 2. The van der Waals surface area contributed by atoms with E-state index in [1.165, 1.54) is 16.2 Å². The van der Waals surface area contributed by atoms with Gasteiger partial charge in [0.2, 0.25) is 0 Å². The topological polar surface area (TPSA) is 67.2 Å². The maximum absolute atomic E-state index is 13.4. The van der Waals surface area contributed by atoms with Gasteiger partial charge in [-0.05, 0) is 31.1 Å². The minimum absolute atomic E-state index is 0.0950. The van der Waals surface area contributed by atoms with Crippen LogP contribution in [0.1, 0.15) is 31.2 Å². The Balaban J connectivity index is 1.61. The third kappa shape index (κ3) is 3.44. The normalized spacial score (nSPS) is 22.1. The number of carbonyl (C=O) groups excluding carboxylic acids is 1. The standard InChI is InChI=1S/C21H22N4O3S2/c26-19-15(13-16-20(27)25(21(29)30-16)14-5-1-2-6-14)18(23-9-11-28-12-10-23)22-17-7-3-4-8-24(17)19/h3-4,7-8,13-14H,1-2,5-6,9-12H2/b16-13+. The predicted octanol–water partition coefficient (Wildman–Crippen LogP) is 2.67. The molecule has 1 saturated carbocycles. The Morgan fingerprint density at radius 1 is 1.17 bits per heavy atom. The number of rotatable bonds is 3. The summed E-state index contributed by atoms with van der Waals surface area (Å²) in [5.74, 6) is 0.503. The van der Waals surface area contributed by atoms with Gasteiger partial charge in [-0.3, -0.25) is 18.9 Å². The lowest BCUT2D eigenvalue weighted by molar-refractivity contribution is -0.123. The molecule has 9 heteroatoms. The van der Waals surface area contributed by atoms with Crippen LogP contribution in [0.15, 0.2) is 34.1 Å². The van der Waals surface area contributed by atoms with Crippen molar-refractivity contribution >= 4 is 51.7 Å². The number of carbonyl (C=O) groups is 1. The molecule has 30 heavy (non-hydrogen) atoms. The van der Waals surface area contributed by atoms with Gasteiger partial charge in [-0.1, -0.05) is 42.9 Å². The van der Waals surface area contributed by atoms with Crippen LogP contribution in [-0.2, 0) is 9.53 Å². The maximum atomic E-state index is 13.4. The molecule has 0 N–H and O–H groups in total. The number of hydrogen-bond donors (Lipinski definition) is 0. The molecular weight excluding hydrogens is 420 g/mol. The number of fused-ring (bicyclic) bond motifs is 1. The van der Waals surface area contributed by atoms with Crippen molar-refractivity contribution in [1.29, 1.82) is 0 Å². The van der Waals surface area contributed by atoms with Crippen LogP contribution in [0.2, 0.25) is 0 Å². The molecule has 0 atom stereocenters. The van der Waals surface area contributed by atoms with E-state index in [1.54, 1.807) is 23.2 Å². The van der Waals surface area contributed by atoms with Crippen molar-refractivity contribution in [3.63, 3.8) is 0 Å². The third-order valence-corrected chi connectivity index (χ3v) is 7.18. The average Bonchev–Trinajstić information content (AvgIpc) is 3.38. The number of thioether (sulfide) groups is 1. The molecular formula is C21H22N4O3S2. The third-order valence-electron chi connectivity index (χ3n) is 5.85. The van der Waals surface area contributed by atoms with Gasteiger partial charge in [-0.2, -0.15) is 0 Å². The van der Waals surface area contributed by atoms with Crippen molar-refractivity contribution < 1.29 is 9.53 Å². The summed E-state index contributed by atoms with van der Waals surface area (Å²) in [4.78, 5) is 35.6. The van der Waals surface area contributed by atoms with E-state index in [1.807, 2.05) is 12.1 Å². The molecule has 7 nitrogen and oxygen atoms in total. The van der Waals surface area contributed by atoms with E-state index >= 15 is 0 Å². The molecule has 0 unspecified atom stereocenters. The largest absolute Gasteiger partial charge is 0.378 e. The number of ether oxygens (including phenoxy) is 1. The Morgan fingerprint density at radius 3 is 2.70 bits per heavy atom. The maximum Gasteiger partial charge on any atom is 0.267 e. The Morgan fingerprint density at radius 2 is 1.93 bits per heavy atom. The number of amides is 1. The first-order chi connectivity index (χ1) is 14.6. The molecule has 156 valence electrons. The van der Waals surface area contributed by atoms with Gasteiger partial charge in [0.25, 0.3) is 11.5 Å². The van der Waals surface area contributed by atoms with Gasteiger partial charge in [0.15, 0.2) is 0 Å². The lowest BCUT2D eigenvalue weighted by Gasteiger charge is -2.29. The fourth-order valence-electron chi connectivity index (χ4n) is 4.32.